The van der Waals surface area contributed by atoms with E-state index in [2.05, 4.69) is 41.5 Å². The summed E-state index contributed by atoms with van der Waals surface area (Å²) >= 11 is 0. The maximum absolute atomic E-state index is 13.5. The second-order valence-electron chi connectivity index (χ2n) is 7.32. The fourth-order valence-electron chi connectivity index (χ4n) is 4.16. The molecule has 0 aliphatic heterocycles. The monoisotopic (exact) mass is 360 g/mol. The van der Waals surface area contributed by atoms with E-state index in [1.165, 1.54) is 5.56 Å². The highest BCUT2D eigenvalue weighted by Gasteiger charge is 2.42. The summed E-state index contributed by atoms with van der Waals surface area (Å²) in [5.41, 5.74) is 3.40. The third-order valence-electron chi connectivity index (χ3n) is 5.70. The van der Waals surface area contributed by atoms with Crippen LogP contribution in [-0.4, -0.2) is 18.0 Å². The number of ether oxygens (including phenoxy) is 1. The largest absolute Gasteiger partial charge is 0.494 e. The van der Waals surface area contributed by atoms with E-state index in [9.17, 15) is 4.79 Å². The summed E-state index contributed by atoms with van der Waals surface area (Å²) in [6.07, 6.45) is 5.65. The molecular formula is C23H24N2O2. The summed E-state index contributed by atoms with van der Waals surface area (Å²) in [4.78, 5) is 17.9. The van der Waals surface area contributed by atoms with Crippen LogP contribution in [0.2, 0.25) is 0 Å². The van der Waals surface area contributed by atoms with E-state index in [1.54, 1.807) is 13.3 Å². The van der Waals surface area contributed by atoms with Gasteiger partial charge in [0.1, 0.15) is 11.3 Å². The van der Waals surface area contributed by atoms with Gasteiger partial charge in [-0.2, -0.15) is 0 Å². The van der Waals surface area contributed by atoms with Crippen LogP contribution < -0.4 is 10.1 Å². The Labute approximate surface area is 159 Å². The Morgan fingerprint density at radius 1 is 1.07 bits per heavy atom. The van der Waals surface area contributed by atoms with Gasteiger partial charge in [0.2, 0.25) is 5.91 Å². The molecule has 1 saturated carbocycles. The Morgan fingerprint density at radius 2 is 1.81 bits per heavy atom. The van der Waals surface area contributed by atoms with Crippen molar-refractivity contribution in [3.63, 3.8) is 0 Å². The molecule has 0 bridgehead atoms. The number of hydrogen-bond acceptors (Lipinski definition) is 3. The number of nitrogens with one attached hydrogen (secondary N) is 1. The third kappa shape index (κ3) is 3.05. The average molecular weight is 360 g/mol. The van der Waals surface area contributed by atoms with E-state index in [4.69, 9.17) is 4.74 Å². The molecule has 1 amide bonds. The van der Waals surface area contributed by atoms with Crippen molar-refractivity contribution < 1.29 is 9.53 Å². The molecule has 4 heteroatoms. The van der Waals surface area contributed by atoms with Gasteiger partial charge in [-0.1, -0.05) is 42.7 Å². The van der Waals surface area contributed by atoms with Crippen molar-refractivity contribution in [2.24, 2.45) is 0 Å². The van der Waals surface area contributed by atoms with Crippen LogP contribution in [0.3, 0.4) is 0 Å². The minimum Gasteiger partial charge on any atom is -0.494 e. The number of nitrogens with zero attached hydrogens (tertiary/aromatic N) is 1. The summed E-state index contributed by atoms with van der Waals surface area (Å²) < 4.78 is 5.41. The van der Waals surface area contributed by atoms with Crippen LogP contribution in [0.15, 0.2) is 54.7 Å². The first-order valence-electron chi connectivity index (χ1n) is 9.44. The van der Waals surface area contributed by atoms with Crippen LogP contribution in [0.25, 0.3) is 10.9 Å². The van der Waals surface area contributed by atoms with Crippen molar-refractivity contribution in [3.8, 4) is 5.75 Å². The summed E-state index contributed by atoms with van der Waals surface area (Å²) in [5, 5.41) is 4.09. The van der Waals surface area contributed by atoms with Crippen LogP contribution in [0.1, 0.15) is 36.8 Å². The van der Waals surface area contributed by atoms with Gasteiger partial charge in [0.15, 0.2) is 0 Å². The minimum absolute atomic E-state index is 0.0687. The number of methoxy groups -OCH3 is 1. The molecule has 0 atom stereocenters. The predicted octanol–water partition coefficient (Wildman–Crippen LogP) is 5.00. The van der Waals surface area contributed by atoms with Crippen molar-refractivity contribution in [1.29, 1.82) is 0 Å². The summed E-state index contributed by atoms with van der Waals surface area (Å²) in [6, 6.07) is 16.0. The highest BCUT2D eigenvalue weighted by Crippen LogP contribution is 2.42. The van der Waals surface area contributed by atoms with E-state index in [1.807, 2.05) is 24.3 Å². The SMILES string of the molecule is COc1ccc(NC(=O)C2(c3ccc(C)cc3)CCCC2)c2cccnc12. The van der Waals surface area contributed by atoms with Gasteiger partial charge in [0, 0.05) is 11.6 Å². The van der Waals surface area contributed by atoms with Crippen molar-refractivity contribution in [1.82, 2.24) is 4.98 Å². The number of carbonyl (C=O) groups excluding carboxylic acids is 1. The molecule has 0 unspecified atom stereocenters. The molecule has 1 N–H and O–H groups in total. The molecule has 1 heterocycles. The highest BCUT2D eigenvalue weighted by molar-refractivity contribution is 6.06. The van der Waals surface area contributed by atoms with Gasteiger partial charge in [0.25, 0.3) is 0 Å². The predicted molar refractivity (Wildman–Crippen MR) is 108 cm³/mol. The standard InChI is InChI=1S/C23H24N2O2/c1-16-7-9-17(10-8-16)23(13-3-4-14-23)22(26)25-19-11-12-20(27-2)21-18(19)6-5-15-24-21/h5-12,15H,3-4,13-14H2,1-2H3,(H,25,26). The van der Waals surface area contributed by atoms with E-state index < -0.39 is 5.41 Å². The fraction of sp³-hybridized carbons (Fsp3) is 0.304. The van der Waals surface area contributed by atoms with Gasteiger partial charge in [-0.05, 0) is 49.6 Å². The molecule has 1 fully saturated rings. The zero-order valence-electron chi connectivity index (χ0n) is 15.8. The lowest BCUT2D eigenvalue weighted by Gasteiger charge is -2.29. The lowest BCUT2D eigenvalue weighted by atomic mass is 9.77. The molecule has 27 heavy (non-hydrogen) atoms. The van der Waals surface area contributed by atoms with E-state index in [-0.39, 0.29) is 5.91 Å². The van der Waals surface area contributed by atoms with Gasteiger partial charge in [-0.3, -0.25) is 9.78 Å². The number of carbonyl (C=O) groups is 1. The third-order valence-corrected chi connectivity index (χ3v) is 5.70. The highest BCUT2D eigenvalue weighted by atomic mass is 16.5. The van der Waals surface area contributed by atoms with E-state index in [0.29, 0.717) is 5.75 Å². The molecule has 1 aliphatic carbocycles. The van der Waals surface area contributed by atoms with E-state index in [0.717, 1.165) is 47.8 Å². The smallest absolute Gasteiger partial charge is 0.235 e. The molecule has 1 aromatic heterocycles. The first-order valence-corrected chi connectivity index (χ1v) is 9.44. The van der Waals surface area contributed by atoms with Crippen molar-refractivity contribution >= 4 is 22.5 Å². The van der Waals surface area contributed by atoms with Crippen molar-refractivity contribution in [2.75, 3.05) is 12.4 Å². The number of fused-ring (bicyclic) bond motifs is 1. The summed E-state index contributed by atoms with van der Waals surface area (Å²) in [6.45, 7) is 2.07. The number of pyridine rings is 1. The first kappa shape index (κ1) is 17.5. The maximum Gasteiger partial charge on any atom is 0.235 e. The molecule has 4 nitrogen and oxygen atoms in total. The van der Waals surface area contributed by atoms with Gasteiger partial charge in [0.05, 0.1) is 18.2 Å². The normalized spacial score (nSPS) is 15.6. The zero-order chi connectivity index (χ0) is 18.9. The second-order valence-corrected chi connectivity index (χ2v) is 7.32. The second kappa shape index (κ2) is 7.03. The number of rotatable bonds is 4. The van der Waals surface area contributed by atoms with Crippen LogP contribution in [0, 0.1) is 6.92 Å². The molecule has 0 spiro atoms. The molecular weight excluding hydrogens is 336 g/mol. The Balaban J connectivity index is 1.72. The zero-order valence-corrected chi connectivity index (χ0v) is 15.8. The lowest BCUT2D eigenvalue weighted by Crippen LogP contribution is -2.38. The molecule has 2 aromatic carbocycles. The molecule has 138 valence electrons. The summed E-state index contributed by atoms with van der Waals surface area (Å²) in [5.74, 6) is 0.775. The van der Waals surface area contributed by atoms with Gasteiger partial charge in [-0.15, -0.1) is 0 Å². The van der Waals surface area contributed by atoms with Gasteiger partial charge < -0.3 is 10.1 Å². The first-order chi connectivity index (χ1) is 13.1. The fourth-order valence-corrected chi connectivity index (χ4v) is 4.16. The van der Waals surface area contributed by atoms with Crippen LogP contribution >= 0.6 is 0 Å². The van der Waals surface area contributed by atoms with Gasteiger partial charge >= 0.3 is 0 Å². The summed E-state index contributed by atoms with van der Waals surface area (Å²) in [7, 11) is 1.63. The molecule has 3 aromatic rings. The number of anilines is 1. The molecule has 1 aliphatic rings. The van der Waals surface area contributed by atoms with Crippen molar-refractivity contribution in [3.05, 3.63) is 65.9 Å². The molecule has 0 saturated heterocycles. The number of amides is 1. The number of aromatic nitrogens is 1. The van der Waals surface area contributed by atoms with Crippen LogP contribution in [0.5, 0.6) is 5.75 Å². The number of hydrogen-bond donors (Lipinski definition) is 1. The maximum atomic E-state index is 13.5. The van der Waals surface area contributed by atoms with Crippen molar-refractivity contribution in [2.45, 2.75) is 38.0 Å². The quantitative estimate of drug-likeness (QED) is 0.712. The Kier molecular flexibility index (Phi) is 4.56. The molecule has 4 rings (SSSR count). The number of benzene rings is 2. The Morgan fingerprint density at radius 3 is 2.52 bits per heavy atom. The minimum atomic E-state index is -0.456. The lowest BCUT2D eigenvalue weighted by molar-refractivity contribution is -0.121. The Bertz CT molecular complexity index is 973. The van der Waals surface area contributed by atoms with E-state index >= 15 is 0 Å². The topological polar surface area (TPSA) is 51.2 Å². The molecule has 0 radical (unpaired) electrons. The average Bonchev–Trinajstić information content (AvgIpc) is 3.20. The number of aryl methyl sites for hydroxylation is 1. The van der Waals surface area contributed by atoms with Gasteiger partial charge in [-0.25, -0.2) is 0 Å². The van der Waals surface area contributed by atoms with Crippen LogP contribution in [-0.2, 0) is 10.2 Å². The van der Waals surface area contributed by atoms with Crippen LogP contribution in [0.4, 0.5) is 5.69 Å². The Hall–Kier alpha value is -2.88.